The number of nitrogens with zero attached hydrogens (tertiary/aromatic N) is 5. The minimum absolute atomic E-state index is 0.0503. The second-order valence-corrected chi connectivity index (χ2v) is 5.23. The van der Waals surface area contributed by atoms with Gasteiger partial charge in [0.15, 0.2) is 11.2 Å². The summed E-state index contributed by atoms with van der Waals surface area (Å²) in [7, 11) is 2.96. The lowest BCUT2D eigenvalue weighted by Crippen LogP contribution is -2.37. The SMILES string of the molecule is Cc1cn2c3c(=O)n(C)c(=O)n(C)c3nc2n1CCC(=O)O. The number of carboxylic acid groups (broad SMARTS) is 1. The van der Waals surface area contributed by atoms with Crippen molar-refractivity contribution in [3.05, 3.63) is 32.7 Å². The first-order chi connectivity index (χ1) is 10.3. The molecule has 9 nitrogen and oxygen atoms in total. The van der Waals surface area contributed by atoms with Crippen molar-refractivity contribution in [2.24, 2.45) is 14.1 Å². The van der Waals surface area contributed by atoms with E-state index in [0.717, 1.165) is 10.3 Å². The molecule has 0 saturated carbocycles. The Labute approximate surface area is 123 Å². The minimum atomic E-state index is -0.911. The van der Waals surface area contributed by atoms with Gasteiger partial charge in [-0.05, 0) is 6.92 Å². The quantitative estimate of drug-likeness (QED) is 0.700. The molecular formula is C13H15N5O4. The van der Waals surface area contributed by atoms with Crippen molar-refractivity contribution in [2.75, 3.05) is 0 Å². The number of carbonyl (C=O) groups is 1. The van der Waals surface area contributed by atoms with E-state index in [1.54, 1.807) is 22.2 Å². The van der Waals surface area contributed by atoms with E-state index in [9.17, 15) is 14.4 Å². The first-order valence-corrected chi connectivity index (χ1v) is 6.68. The summed E-state index contributed by atoms with van der Waals surface area (Å²) in [5.41, 5.74) is 0.499. The number of aryl methyl sites for hydroxylation is 3. The summed E-state index contributed by atoms with van der Waals surface area (Å²) < 4.78 is 5.66. The fourth-order valence-corrected chi connectivity index (χ4v) is 2.61. The molecule has 3 aromatic rings. The van der Waals surface area contributed by atoms with E-state index in [2.05, 4.69) is 4.98 Å². The second-order valence-electron chi connectivity index (χ2n) is 5.23. The summed E-state index contributed by atoms with van der Waals surface area (Å²) in [5.74, 6) is -0.460. The van der Waals surface area contributed by atoms with E-state index >= 15 is 0 Å². The molecule has 0 spiro atoms. The van der Waals surface area contributed by atoms with Crippen LogP contribution in [0.3, 0.4) is 0 Å². The van der Waals surface area contributed by atoms with Gasteiger partial charge in [-0.25, -0.2) is 4.79 Å². The highest BCUT2D eigenvalue weighted by Crippen LogP contribution is 2.16. The summed E-state index contributed by atoms with van der Waals surface area (Å²) in [6, 6.07) is 0. The zero-order chi connectivity index (χ0) is 16.2. The van der Waals surface area contributed by atoms with E-state index in [-0.39, 0.29) is 18.6 Å². The number of hydrogen-bond donors (Lipinski definition) is 1. The van der Waals surface area contributed by atoms with E-state index < -0.39 is 17.2 Å². The molecule has 116 valence electrons. The van der Waals surface area contributed by atoms with Crippen LogP contribution < -0.4 is 11.2 Å². The molecule has 0 saturated heterocycles. The van der Waals surface area contributed by atoms with Crippen LogP contribution >= 0.6 is 0 Å². The monoisotopic (exact) mass is 305 g/mol. The average Bonchev–Trinajstić information content (AvgIpc) is 2.95. The summed E-state index contributed by atoms with van der Waals surface area (Å²) in [6.45, 7) is 2.06. The van der Waals surface area contributed by atoms with E-state index in [1.807, 2.05) is 6.92 Å². The van der Waals surface area contributed by atoms with Crippen molar-refractivity contribution in [2.45, 2.75) is 19.9 Å². The Morgan fingerprint density at radius 2 is 1.95 bits per heavy atom. The molecule has 0 atom stereocenters. The molecule has 0 aliphatic heterocycles. The first-order valence-electron chi connectivity index (χ1n) is 6.68. The number of fused-ring (bicyclic) bond motifs is 3. The smallest absolute Gasteiger partial charge is 0.332 e. The van der Waals surface area contributed by atoms with Crippen molar-refractivity contribution in [1.82, 2.24) is 23.1 Å². The number of aromatic nitrogens is 5. The molecular weight excluding hydrogens is 290 g/mol. The third-order valence-corrected chi connectivity index (χ3v) is 3.81. The van der Waals surface area contributed by atoms with E-state index in [0.29, 0.717) is 11.3 Å². The molecule has 9 heteroatoms. The Morgan fingerprint density at radius 3 is 2.59 bits per heavy atom. The third-order valence-electron chi connectivity index (χ3n) is 3.81. The van der Waals surface area contributed by atoms with Gasteiger partial charge in [-0.15, -0.1) is 0 Å². The average molecular weight is 305 g/mol. The van der Waals surface area contributed by atoms with Gasteiger partial charge in [0.25, 0.3) is 5.56 Å². The van der Waals surface area contributed by atoms with Gasteiger partial charge in [0.1, 0.15) is 0 Å². The molecule has 0 unspecified atom stereocenters. The normalized spacial score (nSPS) is 11.6. The maximum atomic E-state index is 12.3. The highest BCUT2D eigenvalue weighted by molar-refractivity contribution is 5.75. The largest absolute Gasteiger partial charge is 0.481 e. The van der Waals surface area contributed by atoms with Gasteiger partial charge < -0.3 is 9.67 Å². The lowest BCUT2D eigenvalue weighted by molar-refractivity contribution is -0.137. The Hall–Kier alpha value is -2.84. The van der Waals surface area contributed by atoms with Crippen molar-refractivity contribution < 1.29 is 9.90 Å². The third kappa shape index (κ3) is 1.78. The molecule has 3 aromatic heterocycles. The molecule has 0 amide bonds. The molecule has 0 radical (unpaired) electrons. The lowest BCUT2D eigenvalue weighted by atomic mass is 10.4. The number of carboxylic acids is 1. The van der Waals surface area contributed by atoms with Gasteiger partial charge >= 0.3 is 11.7 Å². The van der Waals surface area contributed by atoms with Crippen LogP contribution in [-0.4, -0.2) is 34.2 Å². The zero-order valence-electron chi connectivity index (χ0n) is 12.4. The minimum Gasteiger partial charge on any atom is -0.481 e. The predicted molar refractivity (Wildman–Crippen MR) is 78.2 cm³/mol. The van der Waals surface area contributed by atoms with Crippen LogP contribution in [0, 0.1) is 6.92 Å². The van der Waals surface area contributed by atoms with E-state index in [4.69, 9.17) is 5.11 Å². The Morgan fingerprint density at radius 1 is 1.27 bits per heavy atom. The molecule has 0 bridgehead atoms. The number of imidazole rings is 2. The molecule has 0 fully saturated rings. The first kappa shape index (κ1) is 14.1. The highest BCUT2D eigenvalue weighted by Gasteiger charge is 2.19. The van der Waals surface area contributed by atoms with Crippen molar-refractivity contribution in [3.8, 4) is 0 Å². The molecule has 3 rings (SSSR count). The van der Waals surface area contributed by atoms with Crippen LogP contribution in [0.5, 0.6) is 0 Å². The summed E-state index contributed by atoms with van der Waals surface area (Å²) in [6.07, 6.45) is 1.67. The van der Waals surface area contributed by atoms with Crippen LogP contribution in [0.2, 0.25) is 0 Å². The Bertz CT molecular complexity index is 1030. The molecule has 22 heavy (non-hydrogen) atoms. The summed E-state index contributed by atoms with van der Waals surface area (Å²) in [5, 5.41) is 8.84. The van der Waals surface area contributed by atoms with Crippen molar-refractivity contribution >= 4 is 22.9 Å². The summed E-state index contributed by atoms with van der Waals surface area (Å²) in [4.78, 5) is 39.4. The number of aliphatic carboxylic acids is 1. The van der Waals surface area contributed by atoms with Gasteiger partial charge in [-0.3, -0.25) is 23.1 Å². The number of hydrogen-bond acceptors (Lipinski definition) is 4. The zero-order valence-corrected chi connectivity index (χ0v) is 12.4. The van der Waals surface area contributed by atoms with Gasteiger partial charge in [0, 0.05) is 32.5 Å². The number of rotatable bonds is 3. The topological polar surface area (TPSA) is 104 Å². The maximum absolute atomic E-state index is 12.3. The molecule has 3 heterocycles. The van der Waals surface area contributed by atoms with Crippen LogP contribution in [0.25, 0.3) is 16.9 Å². The van der Waals surface area contributed by atoms with Crippen molar-refractivity contribution in [3.63, 3.8) is 0 Å². The maximum Gasteiger partial charge on any atom is 0.332 e. The highest BCUT2D eigenvalue weighted by atomic mass is 16.4. The predicted octanol–water partition coefficient (Wildman–Crippen LogP) is -0.530. The Balaban J connectivity index is 2.39. The van der Waals surface area contributed by atoms with E-state index in [1.165, 1.54) is 11.6 Å². The van der Waals surface area contributed by atoms with Gasteiger partial charge in [-0.1, -0.05) is 0 Å². The standard InChI is InChI=1S/C13H15N5O4/c1-7-6-18-9-10(15(2)13(22)16(3)11(9)21)14-12(18)17(7)5-4-8(19)20/h6H,4-5H2,1-3H3,(H,19,20). The van der Waals surface area contributed by atoms with Crippen LogP contribution in [-0.2, 0) is 25.4 Å². The van der Waals surface area contributed by atoms with Gasteiger partial charge in [0.2, 0.25) is 5.78 Å². The summed E-state index contributed by atoms with van der Waals surface area (Å²) >= 11 is 0. The molecule has 1 N–H and O–H groups in total. The molecule has 0 aromatic carbocycles. The van der Waals surface area contributed by atoms with Crippen LogP contribution in [0.4, 0.5) is 0 Å². The van der Waals surface area contributed by atoms with Gasteiger partial charge in [-0.2, -0.15) is 4.98 Å². The second kappa shape index (κ2) is 4.58. The van der Waals surface area contributed by atoms with Crippen molar-refractivity contribution in [1.29, 1.82) is 0 Å². The Kier molecular flexibility index (Phi) is 2.94. The van der Waals surface area contributed by atoms with Crippen LogP contribution in [0.15, 0.2) is 15.8 Å². The molecule has 0 aliphatic rings. The fraction of sp³-hybridized carbons (Fsp3) is 0.385. The van der Waals surface area contributed by atoms with Crippen LogP contribution in [0.1, 0.15) is 12.1 Å². The van der Waals surface area contributed by atoms with Gasteiger partial charge in [0.05, 0.1) is 6.42 Å². The lowest BCUT2D eigenvalue weighted by Gasteiger charge is -2.03. The fourth-order valence-electron chi connectivity index (χ4n) is 2.61. The molecule has 0 aliphatic carbocycles.